The van der Waals surface area contributed by atoms with Gasteiger partial charge in [-0.05, 0) is 160 Å². The molecule has 0 radical (unpaired) electrons. The van der Waals surface area contributed by atoms with Crippen molar-refractivity contribution in [2.45, 2.75) is 52.4 Å². The molecule has 11 aromatic rings. The monoisotopic (exact) mass is 952 g/mol. The van der Waals surface area contributed by atoms with Crippen molar-refractivity contribution < 1.29 is 0 Å². The zero-order chi connectivity index (χ0) is 50.8. The third-order valence-corrected chi connectivity index (χ3v) is 14.4. The molecule has 2 heterocycles. The number of nitrogens with zero attached hydrogens (tertiary/aromatic N) is 2. The molecule has 2 aromatic heterocycles. The lowest BCUT2D eigenvalue weighted by Gasteiger charge is -2.20. The van der Waals surface area contributed by atoms with E-state index in [4.69, 9.17) is 9.97 Å². The van der Waals surface area contributed by atoms with Crippen LogP contribution in [0.15, 0.2) is 255 Å². The molecule has 0 saturated heterocycles. The maximum Gasteiger partial charge on any atom is 0.0704 e. The van der Waals surface area contributed by atoms with Gasteiger partial charge in [-0.2, -0.15) is 0 Å². The van der Waals surface area contributed by atoms with Gasteiger partial charge in [0.25, 0.3) is 0 Å². The van der Waals surface area contributed by atoms with Crippen LogP contribution in [0.3, 0.4) is 0 Å². The minimum atomic E-state index is 0.0314. The van der Waals surface area contributed by atoms with Gasteiger partial charge >= 0.3 is 0 Å². The van der Waals surface area contributed by atoms with Crippen LogP contribution in [0.2, 0.25) is 0 Å². The van der Waals surface area contributed by atoms with Gasteiger partial charge in [0.15, 0.2) is 0 Å². The van der Waals surface area contributed by atoms with Gasteiger partial charge < -0.3 is 0 Å². The first kappa shape index (κ1) is 47.6. The third kappa shape index (κ3) is 9.92. The summed E-state index contributed by atoms with van der Waals surface area (Å²) in [6, 6.07) is 88.8. The lowest BCUT2D eigenvalue weighted by atomic mass is 9.84. The summed E-state index contributed by atoms with van der Waals surface area (Å²) in [6.45, 7) is 13.6. The Morgan fingerprint density at radius 2 is 0.635 bits per heavy atom. The average Bonchev–Trinajstić information content (AvgIpc) is 3.45. The topological polar surface area (TPSA) is 25.8 Å². The van der Waals surface area contributed by atoms with Crippen molar-refractivity contribution in [3.63, 3.8) is 0 Å². The number of benzene rings is 9. The summed E-state index contributed by atoms with van der Waals surface area (Å²) in [5, 5.41) is 0. The zero-order valence-corrected chi connectivity index (χ0v) is 43.1. The van der Waals surface area contributed by atoms with E-state index in [1.54, 1.807) is 0 Å². The molecule has 0 aliphatic carbocycles. The van der Waals surface area contributed by atoms with Crippen LogP contribution in [0.25, 0.3) is 112 Å². The van der Waals surface area contributed by atoms with Crippen LogP contribution in [0.5, 0.6) is 0 Å². The van der Waals surface area contributed by atoms with E-state index in [2.05, 4.69) is 278 Å². The minimum Gasteiger partial charge on any atom is -0.256 e. The van der Waals surface area contributed by atoms with Gasteiger partial charge in [0.05, 0.1) is 11.4 Å². The Morgan fingerprint density at radius 1 is 0.216 bits per heavy atom. The zero-order valence-electron chi connectivity index (χ0n) is 43.1. The van der Waals surface area contributed by atoms with Crippen LogP contribution in [-0.2, 0) is 10.8 Å². The first-order chi connectivity index (χ1) is 35.9. The van der Waals surface area contributed by atoms with E-state index in [1.165, 1.54) is 44.5 Å². The van der Waals surface area contributed by atoms with Crippen LogP contribution in [0, 0.1) is 0 Å². The normalized spacial score (nSPS) is 11.6. The minimum absolute atomic E-state index is 0.0314. The molecule has 0 aliphatic heterocycles. The predicted octanol–water partition coefficient (Wildman–Crippen LogP) is 19.7. The van der Waals surface area contributed by atoms with Gasteiger partial charge in [-0.1, -0.05) is 236 Å². The van der Waals surface area contributed by atoms with Crippen molar-refractivity contribution >= 4 is 0 Å². The molecule has 0 fully saturated rings. The summed E-state index contributed by atoms with van der Waals surface area (Å²) in [5.41, 5.74) is 25.5. The second-order valence-corrected chi connectivity index (χ2v) is 21.4. The van der Waals surface area contributed by atoms with Gasteiger partial charge in [0.1, 0.15) is 0 Å². The van der Waals surface area contributed by atoms with Crippen molar-refractivity contribution in [3.8, 4) is 112 Å². The maximum absolute atomic E-state index is 4.79. The highest BCUT2D eigenvalue weighted by atomic mass is 14.7. The molecule has 74 heavy (non-hydrogen) atoms. The molecule has 0 saturated carbocycles. The Hall–Kier alpha value is -8.72. The molecule has 358 valence electrons. The van der Waals surface area contributed by atoms with Gasteiger partial charge in [-0.25, -0.2) is 0 Å². The summed E-state index contributed by atoms with van der Waals surface area (Å²) in [6.07, 6.45) is 3.80. The molecule has 2 heteroatoms. The second-order valence-electron chi connectivity index (χ2n) is 21.4. The quantitative estimate of drug-likeness (QED) is 0.137. The highest BCUT2D eigenvalue weighted by molar-refractivity contribution is 5.97. The first-order valence-corrected chi connectivity index (χ1v) is 25.8. The molecule has 0 aliphatic rings. The summed E-state index contributed by atoms with van der Waals surface area (Å²) >= 11 is 0. The van der Waals surface area contributed by atoms with Crippen molar-refractivity contribution in [2.75, 3.05) is 0 Å². The molecule has 0 atom stereocenters. The van der Waals surface area contributed by atoms with Crippen LogP contribution < -0.4 is 0 Å². The van der Waals surface area contributed by atoms with E-state index in [9.17, 15) is 0 Å². The molecule has 0 bridgehead atoms. The Kier molecular flexibility index (Phi) is 12.9. The maximum atomic E-state index is 4.79. The van der Waals surface area contributed by atoms with E-state index in [-0.39, 0.29) is 10.8 Å². The summed E-state index contributed by atoms with van der Waals surface area (Å²) in [7, 11) is 0. The van der Waals surface area contributed by atoms with Gasteiger partial charge in [-0.15, -0.1) is 0 Å². The van der Waals surface area contributed by atoms with Crippen LogP contribution in [0.4, 0.5) is 0 Å². The van der Waals surface area contributed by atoms with Gasteiger partial charge in [0.2, 0.25) is 0 Å². The van der Waals surface area contributed by atoms with Crippen LogP contribution >= 0.6 is 0 Å². The third-order valence-electron chi connectivity index (χ3n) is 14.4. The van der Waals surface area contributed by atoms with Crippen molar-refractivity contribution in [1.82, 2.24) is 9.97 Å². The SMILES string of the molecule is CC(C)(C)c1cccc(-c2ccc(-c3ccccc3-c3cc(-c4ccccc4-c4ccc(-c5cc(C(C)(C)C)ccn5)cc4)cc(-c4ccccc4-c4ccc(-c5ccccn5)cc4-c4ccccc4)c3)cc2)c1. The smallest absolute Gasteiger partial charge is 0.0704 e. The molecule has 2 nitrogen and oxygen atoms in total. The molecular formula is C72H60N2. The van der Waals surface area contributed by atoms with E-state index in [0.717, 1.165) is 78.1 Å². The fourth-order valence-corrected chi connectivity index (χ4v) is 10.2. The molecular weight excluding hydrogens is 893 g/mol. The van der Waals surface area contributed by atoms with E-state index < -0.39 is 0 Å². The molecule has 11 rings (SSSR count). The van der Waals surface area contributed by atoms with Crippen LogP contribution in [-0.4, -0.2) is 9.97 Å². The largest absolute Gasteiger partial charge is 0.256 e. The van der Waals surface area contributed by atoms with Crippen molar-refractivity contribution in [2.24, 2.45) is 0 Å². The molecule has 0 N–H and O–H groups in total. The number of hydrogen-bond donors (Lipinski definition) is 0. The van der Waals surface area contributed by atoms with E-state index in [0.29, 0.717) is 0 Å². The van der Waals surface area contributed by atoms with Crippen LogP contribution in [0.1, 0.15) is 52.7 Å². The Balaban J connectivity index is 1.07. The Labute approximate surface area is 437 Å². The van der Waals surface area contributed by atoms with Gasteiger partial charge in [0, 0.05) is 23.5 Å². The number of pyridine rings is 2. The molecule has 9 aromatic carbocycles. The Bertz CT molecular complexity index is 3600. The Morgan fingerprint density at radius 3 is 1.19 bits per heavy atom. The molecule has 0 unspecified atom stereocenters. The second kappa shape index (κ2) is 20.1. The summed E-state index contributed by atoms with van der Waals surface area (Å²) in [4.78, 5) is 9.53. The van der Waals surface area contributed by atoms with E-state index >= 15 is 0 Å². The van der Waals surface area contributed by atoms with Gasteiger partial charge in [-0.3, -0.25) is 9.97 Å². The number of rotatable bonds is 10. The fraction of sp³-hybridized carbons (Fsp3) is 0.111. The van der Waals surface area contributed by atoms with E-state index in [1.807, 2.05) is 18.5 Å². The standard InChI is InChI=1S/C72H60N2/c1-71(2,3)59-22-18-21-54(46-59)49-30-32-51(33-31-49)61-23-10-12-25-63(61)56-43-57(64-26-13-11-24-62(64)52-34-36-53(37-35-52)70-48-60(40-42-74-70)72(4,5)6)45-58(44-56)65-27-14-15-28-66(65)67-39-38-55(69-29-16-17-41-73-69)47-68(67)50-19-8-7-9-20-50/h7-48H,1-6H3. The summed E-state index contributed by atoms with van der Waals surface area (Å²) in [5.74, 6) is 0. The molecule has 0 amide bonds. The number of aromatic nitrogens is 2. The first-order valence-electron chi connectivity index (χ1n) is 25.8. The highest BCUT2D eigenvalue weighted by Gasteiger charge is 2.20. The van der Waals surface area contributed by atoms with Crippen molar-refractivity contribution in [3.05, 3.63) is 266 Å². The lowest BCUT2D eigenvalue weighted by Crippen LogP contribution is -2.11. The highest BCUT2D eigenvalue weighted by Crippen LogP contribution is 2.45. The predicted molar refractivity (Wildman–Crippen MR) is 314 cm³/mol. The lowest BCUT2D eigenvalue weighted by molar-refractivity contribution is 0.589. The fourth-order valence-electron chi connectivity index (χ4n) is 10.2. The summed E-state index contributed by atoms with van der Waals surface area (Å²) < 4.78 is 0. The van der Waals surface area contributed by atoms with Crippen molar-refractivity contribution in [1.29, 1.82) is 0 Å². The molecule has 0 spiro atoms. The number of hydrogen-bond acceptors (Lipinski definition) is 2. The average molecular weight is 953 g/mol.